The Morgan fingerprint density at radius 3 is 2.60 bits per heavy atom. The molecule has 1 aliphatic rings. The Balaban J connectivity index is 1.73. The van der Waals surface area contributed by atoms with Gasteiger partial charge in [-0.15, -0.1) is 11.3 Å². The number of carbonyl (C=O) groups is 2. The van der Waals surface area contributed by atoms with Crippen LogP contribution in [0.5, 0.6) is 0 Å². The number of benzene rings is 1. The van der Waals surface area contributed by atoms with E-state index in [1.165, 1.54) is 17.4 Å². The maximum Gasteiger partial charge on any atom is 0.331 e. The van der Waals surface area contributed by atoms with Crippen molar-refractivity contribution in [3.63, 3.8) is 0 Å². The average molecular weight is 356 g/mol. The lowest BCUT2D eigenvalue weighted by Crippen LogP contribution is -2.34. The number of hydrogen-bond acceptors (Lipinski definition) is 5. The summed E-state index contributed by atoms with van der Waals surface area (Å²) < 4.78 is 5.50. The lowest BCUT2D eigenvalue weighted by Gasteiger charge is -2.23. The zero-order chi connectivity index (χ0) is 17.6. The summed E-state index contributed by atoms with van der Waals surface area (Å²) in [5.41, 5.74) is 1.40. The third kappa shape index (κ3) is 4.54. The molecule has 1 amide bonds. The van der Waals surface area contributed by atoms with Gasteiger partial charge in [0.1, 0.15) is 0 Å². The highest BCUT2D eigenvalue weighted by atomic mass is 32.1. The number of hydrogen-bond donors (Lipinski definition) is 0. The molecule has 0 radical (unpaired) electrons. The van der Waals surface area contributed by atoms with E-state index < -0.39 is 12.1 Å². The van der Waals surface area contributed by atoms with Crippen molar-refractivity contribution in [2.45, 2.75) is 25.9 Å². The second kappa shape index (κ2) is 8.07. The van der Waals surface area contributed by atoms with Crippen LogP contribution in [0.15, 0.2) is 41.8 Å². The Bertz CT molecular complexity index is 764. The predicted octanol–water partition coefficient (Wildman–Crippen LogP) is 3.37. The van der Waals surface area contributed by atoms with E-state index in [0.29, 0.717) is 24.3 Å². The van der Waals surface area contributed by atoms with Gasteiger partial charge in [0.15, 0.2) is 0 Å². The molecule has 6 heteroatoms. The van der Waals surface area contributed by atoms with Gasteiger partial charge in [-0.1, -0.05) is 30.3 Å². The van der Waals surface area contributed by atoms with Crippen LogP contribution in [0.2, 0.25) is 0 Å². The molecular weight excluding hydrogens is 336 g/mol. The number of thiazole rings is 1. The summed E-state index contributed by atoms with van der Waals surface area (Å²) in [6, 6.07) is 9.15. The molecule has 130 valence electrons. The average Bonchev–Trinajstić information content (AvgIpc) is 3.30. The van der Waals surface area contributed by atoms with Crippen molar-refractivity contribution >= 4 is 29.3 Å². The summed E-state index contributed by atoms with van der Waals surface area (Å²) in [6.45, 7) is 3.34. The molecule has 0 aliphatic carbocycles. The van der Waals surface area contributed by atoms with Crippen LogP contribution in [0.1, 0.15) is 35.2 Å². The van der Waals surface area contributed by atoms with Gasteiger partial charge in [0.05, 0.1) is 10.7 Å². The number of likely N-dealkylation sites (tertiary alicyclic amines) is 1. The normalized spacial score (nSPS) is 15.5. The highest BCUT2D eigenvalue weighted by molar-refractivity contribution is 7.09. The van der Waals surface area contributed by atoms with Crippen molar-refractivity contribution in [1.82, 2.24) is 9.88 Å². The first-order chi connectivity index (χ1) is 12.1. The number of ether oxygens (including phenoxy) is 1. The lowest BCUT2D eigenvalue weighted by molar-refractivity contribution is -0.156. The standard InChI is InChI=1S/C19H20N2O3S/c1-14-20-16(13-25-14)9-10-17(22)24-18(15-7-3-2-4-8-15)19(23)21-11-5-6-12-21/h2-4,7-10,13,18H,5-6,11-12H2,1H3/b10-9+. The maximum absolute atomic E-state index is 12.8. The highest BCUT2D eigenvalue weighted by Crippen LogP contribution is 2.23. The quantitative estimate of drug-likeness (QED) is 0.609. The zero-order valence-electron chi connectivity index (χ0n) is 14.1. The number of carbonyl (C=O) groups excluding carboxylic acids is 2. The number of esters is 1. The molecule has 1 aromatic heterocycles. The van der Waals surface area contributed by atoms with Gasteiger partial charge in [-0.3, -0.25) is 4.79 Å². The highest BCUT2D eigenvalue weighted by Gasteiger charge is 2.30. The Hall–Kier alpha value is -2.47. The van der Waals surface area contributed by atoms with Crippen LogP contribution in [-0.4, -0.2) is 34.8 Å². The van der Waals surface area contributed by atoms with Crippen molar-refractivity contribution in [3.05, 3.63) is 58.1 Å². The summed E-state index contributed by atoms with van der Waals surface area (Å²) in [6.07, 6.45) is 4.00. The maximum atomic E-state index is 12.8. The summed E-state index contributed by atoms with van der Waals surface area (Å²) in [7, 11) is 0. The van der Waals surface area contributed by atoms with Gasteiger partial charge in [-0.2, -0.15) is 0 Å². The third-order valence-corrected chi connectivity index (χ3v) is 4.80. The number of aromatic nitrogens is 1. The number of amides is 1. The van der Waals surface area contributed by atoms with Crippen LogP contribution >= 0.6 is 11.3 Å². The van der Waals surface area contributed by atoms with Crippen molar-refractivity contribution in [2.24, 2.45) is 0 Å². The summed E-state index contributed by atoms with van der Waals surface area (Å²) in [5.74, 6) is -0.706. The van der Waals surface area contributed by atoms with E-state index in [-0.39, 0.29) is 5.91 Å². The van der Waals surface area contributed by atoms with E-state index in [1.807, 2.05) is 30.5 Å². The summed E-state index contributed by atoms with van der Waals surface area (Å²) in [4.78, 5) is 31.0. The molecule has 1 aromatic carbocycles. The predicted molar refractivity (Wildman–Crippen MR) is 97.0 cm³/mol. The largest absolute Gasteiger partial charge is 0.444 e. The SMILES string of the molecule is Cc1nc(/C=C/C(=O)OC(C(=O)N2CCCC2)c2ccccc2)cs1. The second-order valence-electron chi connectivity index (χ2n) is 5.88. The number of aryl methyl sites for hydroxylation is 1. The molecular formula is C19H20N2O3S. The van der Waals surface area contributed by atoms with Crippen molar-refractivity contribution in [1.29, 1.82) is 0 Å². The molecule has 3 rings (SSSR count). The van der Waals surface area contributed by atoms with E-state index in [9.17, 15) is 9.59 Å². The fourth-order valence-corrected chi connectivity index (χ4v) is 3.34. The monoisotopic (exact) mass is 356 g/mol. The summed E-state index contributed by atoms with van der Waals surface area (Å²) in [5, 5.41) is 2.79. The van der Waals surface area contributed by atoms with Crippen LogP contribution in [0.25, 0.3) is 6.08 Å². The van der Waals surface area contributed by atoms with Crippen molar-refractivity contribution in [3.8, 4) is 0 Å². The minimum Gasteiger partial charge on any atom is -0.444 e. The van der Waals surface area contributed by atoms with E-state index in [0.717, 1.165) is 17.8 Å². The Morgan fingerprint density at radius 2 is 1.96 bits per heavy atom. The van der Waals surface area contributed by atoms with E-state index >= 15 is 0 Å². The molecule has 1 fully saturated rings. The molecule has 1 unspecified atom stereocenters. The van der Waals surface area contributed by atoms with E-state index in [1.54, 1.807) is 23.1 Å². The minimum atomic E-state index is -0.909. The van der Waals surface area contributed by atoms with Gasteiger partial charge < -0.3 is 9.64 Å². The first kappa shape index (κ1) is 17.4. The first-order valence-corrected chi connectivity index (χ1v) is 9.16. The molecule has 2 heterocycles. The molecule has 2 aromatic rings. The smallest absolute Gasteiger partial charge is 0.331 e. The molecule has 0 bridgehead atoms. The van der Waals surface area contributed by atoms with Gasteiger partial charge in [-0.05, 0) is 25.8 Å². The van der Waals surface area contributed by atoms with Crippen LogP contribution in [-0.2, 0) is 14.3 Å². The topological polar surface area (TPSA) is 59.5 Å². The van der Waals surface area contributed by atoms with Gasteiger partial charge in [0.25, 0.3) is 5.91 Å². The molecule has 5 nitrogen and oxygen atoms in total. The van der Waals surface area contributed by atoms with Crippen LogP contribution in [0.3, 0.4) is 0 Å². The molecule has 1 aliphatic heterocycles. The Morgan fingerprint density at radius 1 is 1.24 bits per heavy atom. The minimum absolute atomic E-state index is 0.157. The molecule has 1 atom stereocenters. The van der Waals surface area contributed by atoms with E-state index in [2.05, 4.69) is 4.98 Å². The van der Waals surface area contributed by atoms with E-state index in [4.69, 9.17) is 4.74 Å². The zero-order valence-corrected chi connectivity index (χ0v) is 14.9. The molecule has 25 heavy (non-hydrogen) atoms. The molecule has 1 saturated heterocycles. The van der Waals surface area contributed by atoms with Crippen LogP contribution < -0.4 is 0 Å². The Kier molecular flexibility index (Phi) is 5.60. The number of nitrogens with zero attached hydrogens (tertiary/aromatic N) is 2. The summed E-state index contributed by atoms with van der Waals surface area (Å²) >= 11 is 1.51. The van der Waals surface area contributed by atoms with Gasteiger partial charge >= 0.3 is 5.97 Å². The fourth-order valence-electron chi connectivity index (χ4n) is 2.76. The molecule has 0 N–H and O–H groups in total. The van der Waals surface area contributed by atoms with Gasteiger partial charge in [-0.25, -0.2) is 9.78 Å². The van der Waals surface area contributed by atoms with Crippen molar-refractivity contribution in [2.75, 3.05) is 13.1 Å². The van der Waals surface area contributed by atoms with Gasteiger partial charge in [0, 0.05) is 30.1 Å². The molecule has 0 spiro atoms. The third-order valence-electron chi connectivity index (χ3n) is 4.01. The first-order valence-electron chi connectivity index (χ1n) is 8.28. The van der Waals surface area contributed by atoms with Crippen LogP contribution in [0.4, 0.5) is 0 Å². The fraction of sp³-hybridized carbons (Fsp3) is 0.316. The van der Waals surface area contributed by atoms with Gasteiger partial charge in [0.2, 0.25) is 6.10 Å². The molecule has 0 saturated carbocycles. The van der Waals surface area contributed by atoms with Crippen LogP contribution in [0, 0.1) is 6.92 Å². The lowest BCUT2D eigenvalue weighted by atomic mass is 10.1. The van der Waals surface area contributed by atoms with Crippen molar-refractivity contribution < 1.29 is 14.3 Å². The Labute approximate surface area is 150 Å². The number of rotatable bonds is 5. The second-order valence-corrected chi connectivity index (χ2v) is 6.95.